The molecule has 0 aromatic heterocycles. The summed E-state index contributed by atoms with van der Waals surface area (Å²) in [6.45, 7) is 2.58. The quantitative estimate of drug-likeness (QED) is 0.736. The number of rotatable bonds is 6. The lowest BCUT2D eigenvalue weighted by Crippen LogP contribution is -2.38. The highest BCUT2D eigenvalue weighted by Crippen LogP contribution is 2.15. The Morgan fingerprint density at radius 1 is 1.13 bits per heavy atom. The van der Waals surface area contributed by atoms with E-state index in [1.807, 2.05) is 43.3 Å². The third-order valence-corrected chi connectivity index (χ3v) is 4.49. The Kier molecular flexibility index (Phi) is 6.61. The molecule has 122 valence electrons. The van der Waals surface area contributed by atoms with Crippen LogP contribution in [0.1, 0.15) is 5.56 Å². The topological polar surface area (TPSA) is 67.4 Å². The summed E-state index contributed by atoms with van der Waals surface area (Å²) in [4.78, 5) is 12.2. The number of amides is 2. The maximum atomic E-state index is 12.0. The van der Waals surface area contributed by atoms with Crippen molar-refractivity contribution < 1.29 is 13.7 Å². The van der Waals surface area contributed by atoms with Gasteiger partial charge in [-0.2, -0.15) is 0 Å². The Bertz CT molecular complexity index is 675. The third-order valence-electron chi connectivity index (χ3n) is 2.89. The number of urea groups is 1. The van der Waals surface area contributed by atoms with E-state index in [1.54, 1.807) is 12.1 Å². The van der Waals surface area contributed by atoms with E-state index in [4.69, 9.17) is 4.74 Å². The van der Waals surface area contributed by atoms with E-state index in [0.717, 1.165) is 15.8 Å². The zero-order valence-electron chi connectivity index (χ0n) is 12.5. The summed E-state index contributed by atoms with van der Waals surface area (Å²) in [6, 6.07) is 14.1. The number of benzene rings is 2. The Labute approximate surface area is 146 Å². The van der Waals surface area contributed by atoms with Gasteiger partial charge in [0.25, 0.3) is 0 Å². The van der Waals surface area contributed by atoms with Crippen LogP contribution in [-0.2, 0) is 11.0 Å². The maximum Gasteiger partial charge on any atom is 0.327 e. The fourth-order valence-corrected chi connectivity index (χ4v) is 2.71. The molecular formula is C16H17BrN2O3S. The molecule has 0 radical (unpaired) electrons. The summed E-state index contributed by atoms with van der Waals surface area (Å²) in [7, 11) is -1.57. The molecule has 2 rings (SSSR count). The first-order valence-corrected chi connectivity index (χ1v) is 8.90. The van der Waals surface area contributed by atoms with E-state index >= 15 is 0 Å². The molecule has 0 saturated carbocycles. The van der Waals surface area contributed by atoms with Gasteiger partial charge in [-0.1, -0.05) is 33.6 Å². The third kappa shape index (κ3) is 6.03. The lowest BCUT2D eigenvalue weighted by Gasteiger charge is -2.09. The molecule has 0 fully saturated rings. The Balaban J connectivity index is 1.69. The summed E-state index contributed by atoms with van der Waals surface area (Å²) in [5.74, 6) is 0.721. The summed E-state index contributed by atoms with van der Waals surface area (Å²) in [6.07, 6.45) is 0. The van der Waals surface area contributed by atoms with E-state index in [1.165, 1.54) is 0 Å². The molecule has 0 saturated heterocycles. The molecule has 2 aromatic rings. The van der Waals surface area contributed by atoms with Gasteiger partial charge in [-0.25, -0.2) is 9.00 Å². The first-order valence-electron chi connectivity index (χ1n) is 6.96. The van der Waals surface area contributed by atoms with E-state index in [9.17, 15) is 9.00 Å². The van der Waals surface area contributed by atoms with E-state index < -0.39 is 17.0 Å². The predicted molar refractivity (Wildman–Crippen MR) is 93.8 cm³/mol. The largest absolute Gasteiger partial charge is 0.492 e. The van der Waals surface area contributed by atoms with Crippen molar-refractivity contribution in [2.75, 3.05) is 13.2 Å². The molecule has 1 atom stereocenters. The van der Waals surface area contributed by atoms with Crippen LogP contribution in [0.5, 0.6) is 5.75 Å². The first-order chi connectivity index (χ1) is 11.0. The lowest BCUT2D eigenvalue weighted by atomic mass is 10.2. The normalized spacial score (nSPS) is 11.6. The van der Waals surface area contributed by atoms with Gasteiger partial charge in [0.05, 0.1) is 11.4 Å². The van der Waals surface area contributed by atoms with Crippen LogP contribution in [-0.4, -0.2) is 23.4 Å². The number of aryl methyl sites for hydroxylation is 1. The molecule has 0 aliphatic carbocycles. The van der Waals surface area contributed by atoms with E-state index in [2.05, 4.69) is 26.0 Å². The van der Waals surface area contributed by atoms with Gasteiger partial charge < -0.3 is 10.1 Å². The summed E-state index contributed by atoms with van der Waals surface area (Å²) >= 11 is 3.34. The predicted octanol–water partition coefficient (Wildman–Crippen LogP) is 3.16. The van der Waals surface area contributed by atoms with E-state index in [0.29, 0.717) is 18.0 Å². The van der Waals surface area contributed by atoms with Gasteiger partial charge in [0.15, 0.2) is 11.0 Å². The van der Waals surface area contributed by atoms with Crippen molar-refractivity contribution in [3.8, 4) is 5.75 Å². The number of nitrogens with one attached hydrogen (secondary N) is 2. The van der Waals surface area contributed by atoms with Gasteiger partial charge in [0.2, 0.25) is 0 Å². The molecule has 7 heteroatoms. The fourth-order valence-electron chi connectivity index (χ4n) is 1.71. The molecule has 1 unspecified atom stereocenters. The highest BCUT2D eigenvalue weighted by molar-refractivity contribution is 9.10. The van der Waals surface area contributed by atoms with Gasteiger partial charge in [-0.3, -0.25) is 4.72 Å². The average molecular weight is 397 g/mol. The van der Waals surface area contributed by atoms with Crippen molar-refractivity contribution in [1.29, 1.82) is 0 Å². The molecule has 0 aliphatic rings. The smallest absolute Gasteiger partial charge is 0.327 e. The summed E-state index contributed by atoms with van der Waals surface area (Å²) in [5, 5.41) is 2.60. The molecule has 0 heterocycles. The summed E-state index contributed by atoms with van der Waals surface area (Å²) in [5.41, 5.74) is 1.07. The van der Waals surface area contributed by atoms with Crippen LogP contribution < -0.4 is 14.8 Å². The van der Waals surface area contributed by atoms with Gasteiger partial charge in [-0.05, 0) is 43.3 Å². The molecule has 2 N–H and O–H groups in total. The van der Waals surface area contributed by atoms with Crippen molar-refractivity contribution in [2.45, 2.75) is 11.8 Å². The second kappa shape index (κ2) is 8.69. The molecule has 0 spiro atoms. The van der Waals surface area contributed by atoms with Gasteiger partial charge >= 0.3 is 6.03 Å². The van der Waals surface area contributed by atoms with Crippen LogP contribution in [0.4, 0.5) is 4.79 Å². The molecule has 0 aliphatic heterocycles. The number of hydrogen-bond donors (Lipinski definition) is 2. The van der Waals surface area contributed by atoms with Crippen molar-refractivity contribution in [3.05, 3.63) is 58.6 Å². The van der Waals surface area contributed by atoms with Crippen LogP contribution in [0.15, 0.2) is 57.9 Å². The highest BCUT2D eigenvalue weighted by atomic mass is 79.9. The highest BCUT2D eigenvalue weighted by Gasteiger charge is 2.07. The van der Waals surface area contributed by atoms with Crippen LogP contribution in [0, 0.1) is 6.92 Å². The zero-order chi connectivity index (χ0) is 16.7. The Hall–Kier alpha value is -1.86. The lowest BCUT2D eigenvalue weighted by molar-refractivity contribution is 0.241. The standard InChI is InChI=1S/C16H17BrN2O3S/c1-12-2-8-15(9-3-12)23(21)19-16(20)18-10-11-22-14-6-4-13(17)5-7-14/h2-9H,10-11H2,1H3,(H2,18,19,20). The van der Waals surface area contributed by atoms with Crippen LogP contribution in [0.3, 0.4) is 0 Å². The van der Waals surface area contributed by atoms with Crippen molar-refractivity contribution in [3.63, 3.8) is 0 Å². The molecule has 2 aromatic carbocycles. The minimum Gasteiger partial charge on any atom is -0.492 e. The number of hydrogen-bond acceptors (Lipinski definition) is 3. The number of ether oxygens (including phenoxy) is 1. The van der Waals surface area contributed by atoms with Crippen LogP contribution in [0.2, 0.25) is 0 Å². The number of carbonyl (C=O) groups excluding carboxylic acids is 1. The molecule has 5 nitrogen and oxygen atoms in total. The molecule has 0 bridgehead atoms. The van der Waals surface area contributed by atoms with E-state index in [-0.39, 0.29) is 0 Å². The second-order valence-electron chi connectivity index (χ2n) is 4.74. The average Bonchev–Trinajstić information content (AvgIpc) is 2.54. The Morgan fingerprint density at radius 3 is 2.43 bits per heavy atom. The molecule has 23 heavy (non-hydrogen) atoms. The van der Waals surface area contributed by atoms with Crippen LogP contribution in [0.25, 0.3) is 0 Å². The SMILES string of the molecule is Cc1ccc(S(=O)NC(=O)NCCOc2ccc(Br)cc2)cc1. The second-order valence-corrected chi connectivity index (χ2v) is 6.87. The summed E-state index contributed by atoms with van der Waals surface area (Å²) < 4.78 is 20.8. The first kappa shape index (κ1) is 17.5. The van der Waals surface area contributed by atoms with Gasteiger partial charge in [0.1, 0.15) is 12.4 Å². The van der Waals surface area contributed by atoms with Gasteiger partial charge in [0, 0.05) is 4.47 Å². The van der Waals surface area contributed by atoms with Crippen molar-refractivity contribution in [1.82, 2.24) is 10.0 Å². The molecule has 2 amide bonds. The van der Waals surface area contributed by atoms with Crippen LogP contribution >= 0.6 is 15.9 Å². The van der Waals surface area contributed by atoms with Gasteiger partial charge in [-0.15, -0.1) is 0 Å². The monoisotopic (exact) mass is 396 g/mol. The Morgan fingerprint density at radius 2 is 1.78 bits per heavy atom. The number of halogens is 1. The van der Waals surface area contributed by atoms with Crippen molar-refractivity contribution in [2.24, 2.45) is 0 Å². The fraction of sp³-hybridized carbons (Fsp3) is 0.188. The minimum atomic E-state index is -1.57. The zero-order valence-corrected chi connectivity index (χ0v) is 14.9. The number of carbonyl (C=O) groups is 1. The molecular weight excluding hydrogens is 380 g/mol. The maximum absolute atomic E-state index is 12.0. The minimum absolute atomic E-state index is 0.312. The van der Waals surface area contributed by atoms with Crippen molar-refractivity contribution >= 4 is 32.9 Å².